The zero-order chi connectivity index (χ0) is 22.4. The second-order valence-electron chi connectivity index (χ2n) is 9.84. The number of halogens is 1. The number of pyridine rings is 1. The van der Waals surface area contributed by atoms with Gasteiger partial charge in [0.25, 0.3) is 0 Å². The fraction of sp³-hybridized carbons (Fsp3) is 0.500. The number of ketones is 1. The number of hydrogen-bond acceptors (Lipinski definition) is 6. The molecular weight excluding hydrogens is 450 g/mol. The summed E-state index contributed by atoms with van der Waals surface area (Å²) in [6.07, 6.45) is 7.53. The molecule has 2 aromatic heterocycles. The van der Waals surface area contributed by atoms with Crippen LogP contribution in [0.15, 0.2) is 36.5 Å². The van der Waals surface area contributed by atoms with Crippen LogP contribution in [0.2, 0.25) is 0 Å². The average Bonchev–Trinajstić information content (AvgIpc) is 3.46. The maximum Gasteiger partial charge on any atom is 0.185 e. The number of carbonyl (C=O) groups is 1. The number of aliphatic hydroxyl groups excluding tert-OH is 1. The number of Topliss-reactive ketones (excluding diaryl/α,β-unsaturated/α-hetero) is 1. The number of carbonyl (C=O) groups excluding carboxylic acids is 1. The number of anilines is 1. The highest BCUT2D eigenvalue weighted by Gasteiger charge is 2.28. The van der Waals surface area contributed by atoms with Crippen LogP contribution in [-0.4, -0.2) is 57.9 Å². The zero-order valence-electron chi connectivity index (χ0n) is 19.3. The zero-order valence-corrected chi connectivity index (χ0v) is 20.1. The maximum absolute atomic E-state index is 13.3. The number of nitrogens with one attached hydrogen (secondary N) is 1. The van der Waals surface area contributed by atoms with Crippen LogP contribution < -0.4 is 10.2 Å². The van der Waals surface area contributed by atoms with E-state index in [9.17, 15) is 9.90 Å². The lowest BCUT2D eigenvalue weighted by Crippen LogP contribution is -2.29. The van der Waals surface area contributed by atoms with Crippen molar-refractivity contribution in [2.45, 2.75) is 56.6 Å². The molecule has 7 nitrogen and oxygen atoms in total. The fourth-order valence-electron chi connectivity index (χ4n) is 5.31. The van der Waals surface area contributed by atoms with E-state index in [1.54, 1.807) is 0 Å². The summed E-state index contributed by atoms with van der Waals surface area (Å²) >= 11 is 0. The Morgan fingerprint density at radius 3 is 2.68 bits per heavy atom. The molecule has 2 aliphatic heterocycles. The molecule has 1 unspecified atom stereocenters. The Balaban J connectivity index is 0.00000241. The number of aromatic nitrogens is 3. The quantitative estimate of drug-likeness (QED) is 0.523. The van der Waals surface area contributed by atoms with Crippen LogP contribution in [0.1, 0.15) is 65.7 Å². The van der Waals surface area contributed by atoms with Gasteiger partial charge < -0.3 is 15.3 Å². The molecule has 0 radical (unpaired) electrons. The highest BCUT2D eigenvalue weighted by atomic mass is 35.5. The molecule has 0 amide bonds. The topological polar surface area (TPSA) is 83.3 Å². The Morgan fingerprint density at radius 2 is 1.94 bits per heavy atom. The minimum absolute atomic E-state index is 0. The number of hydrogen-bond donors (Lipinski definition) is 2. The van der Waals surface area contributed by atoms with Gasteiger partial charge in [0.15, 0.2) is 5.78 Å². The smallest absolute Gasteiger partial charge is 0.185 e. The largest absolute Gasteiger partial charge is 0.391 e. The van der Waals surface area contributed by atoms with E-state index in [0.717, 1.165) is 61.2 Å². The summed E-state index contributed by atoms with van der Waals surface area (Å²) in [5.74, 6) is 1.37. The van der Waals surface area contributed by atoms with Gasteiger partial charge in [-0.05, 0) is 86.5 Å². The average molecular weight is 482 g/mol. The lowest BCUT2D eigenvalue weighted by atomic mass is 9.96. The second-order valence-corrected chi connectivity index (χ2v) is 9.84. The van der Waals surface area contributed by atoms with Crippen molar-refractivity contribution >= 4 is 34.9 Å². The molecule has 1 saturated carbocycles. The van der Waals surface area contributed by atoms with Crippen molar-refractivity contribution in [3.63, 3.8) is 0 Å². The number of benzene rings is 1. The minimum Gasteiger partial charge on any atom is -0.391 e. The molecule has 1 atom stereocenters. The van der Waals surface area contributed by atoms with Gasteiger partial charge in [-0.15, -0.1) is 12.4 Å². The molecule has 34 heavy (non-hydrogen) atoms. The first-order chi connectivity index (χ1) is 16.1. The van der Waals surface area contributed by atoms with E-state index in [2.05, 4.69) is 38.2 Å². The third-order valence-electron chi connectivity index (χ3n) is 7.34. The summed E-state index contributed by atoms with van der Waals surface area (Å²) in [6.45, 7) is 3.43. The van der Waals surface area contributed by atoms with Crippen LogP contribution in [0.25, 0.3) is 10.9 Å². The molecule has 3 aromatic rings. The molecule has 0 spiro atoms. The van der Waals surface area contributed by atoms with Gasteiger partial charge in [0.2, 0.25) is 0 Å². The van der Waals surface area contributed by atoms with Crippen molar-refractivity contribution in [1.82, 2.24) is 20.1 Å². The van der Waals surface area contributed by atoms with Crippen molar-refractivity contribution in [2.24, 2.45) is 0 Å². The Morgan fingerprint density at radius 1 is 1.12 bits per heavy atom. The third kappa shape index (κ3) is 4.69. The summed E-state index contributed by atoms with van der Waals surface area (Å²) in [4.78, 5) is 20.0. The third-order valence-corrected chi connectivity index (χ3v) is 7.34. The van der Waals surface area contributed by atoms with Crippen molar-refractivity contribution < 1.29 is 9.90 Å². The summed E-state index contributed by atoms with van der Waals surface area (Å²) in [6, 6.07) is 10.5. The molecular formula is C26H32ClN5O2. The Kier molecular flexibility index (Phi) is 6.60. The van der Waals surface area contributed by atoms with Crippen LogP contribution in [0.3, 0.4) is 0 Å². The Hall–Kier alpha value is -2.48. The predicted molar refractivity (Wildman–Crippen MR) is 135 cm³/mol. The highest BCUT2D eigenvalue weighted by molar-refractivity contribution is 5.97. The van der Waals surface area contributed by atoms with Crippen LogP contribution in [0, 0.1) is 0 Å². The number of aliphatic hydroxyl groups is 1. The van der Waals surface area contributed by atoms with E-state index in [1.807, 2.05) is 18.2 Å². The lowest BCUT2D eigenvalue weighted by Gasteiger charge is -2.22. The first-order valence-corrected chi connectivity index (χ1v) is 12.3. The van der Waals surface area contributed by atoms with E-state index in [1.165, 1.54) is 18.4 Å². The number of nitrogens with zero attached hydrogens (tertiary/aromatic N) is 4. The number of rotatable bonds is 6. The first-order valence-electron chi connectivity index (χ1n) is 12.3. The fourth-order valence-corrected chi connectivity index (χ4v) is 5.31. The molecule has 1 aromatic carbocycles. The van der Waals surface area contributed by atoms with Crippen LogP contribution in [-0.2, 0) is 6.42 Å². The predicted octanol–water partition coefficient (Wildman–Crippen LogP) is 3.65. The molecule has 8 heteroatoms. The van der Waals surface area contributed by atoms with E-state index < -0.39 is 0 Å². The van der Waals surface area contributed by atoms with E-state index in [4.69, 9.17) is 5.10 Å². The number of fused-ring (bicyclic) bond motifs is 1. The lowest BCUT2D eigenvalue weighted by molar-refractivity contribution is 0.0988. The summed E-state index contributed by atoms with van der Waals surface area (Å²) < 4.78 is 2.14. The van der Waals surface area contributed by atoms with Gasteiger partial charge in [-0.2, -0.15) is 5.10 Å². The molecule has 4 heterocycles. The normalized spacial score (nSPS) is 21.1. The molecule has 2 N–H and O–H groups in total. The van der Waals surface area contributed by atoms with Crippen molar-refractivity contribution in [2.75, 3.05) is 31.1 Å². The standard InChI is InChI=1S/C26H31N5O2.ClH/c32-21-8-11-30(16-21)26-3-1-2-23(28-26)25(33)13-18-12-19-15-31(20-6-9-27-10-7-20)29-24(19)14-22(18)17-4-5-17;/h1-3,12,14-15,17,20-21,27,32H,4-11,13,16H2;1H. The van der Waals surface area contributed by atoms with Crippen molar-refractivity contribution in [3.05, 3.63) is 53.3 Å². The summed E-state index contributed by atoms with van der Waals surface area (Å²) in [5.41, 5.74) is 3.94. The van der Waals surface area contributed by atoms with Gasteiger partial charge in [0.05, 0.1) is 17.7 Å². The van der Waals surface area contributed by atoms with Gasteiger partial charge >= 0.3 is 0 Å². The van der Waals surface area contributed by atoms with E-state index >= 15 is 0 Å². The Labute approximate surface area is 206 Å². The molecule has 3 fully saturated rings. The Bertz CT molecular complexity index is 1190. The van der Waals surface area contributed by atoms with Gasteiger partial charge in [-0.3, -0.25) is 9.48 Å². The SMILES string of the molecule is Cl.O=C(Cc1cc2cn(C3CCNCC3)nc2cc1C1CC1)c1cccc(N2CCC(O)C2)n1. The molecule has 0 bridgehead atoms. The van der Waals surface area contributed by atoms with Crippen molar-refractivity contribution in [3.8, 4) is 0 Å². The van der Waals surface area contributed by atoms with Gasteiger partial charge in [0.1, 0.15) is 11.5 Å². The molecule has 2 saturated heterocycles. The number of β-amino-alcohol motifs (C(OH)–C–C–N with tert-alkyl or cyclic N) is 1. The molecule has 180 valence electrons. The van der Waals surface area contributed by atoms with E-state index in [-0.39, 0.29) is 24.3 Å². The monoisotopic (exact) mass is 481 g/mol. The maximum atomic E-state index is 13.3. The second kappa shape index (κ2) is 9.64. The van der Waals surface area contributed by atoms with Gasteiger partial charge in [-0.25, -0.2) is 4.98 Å². The van der Waals surface area contributed by atoms with Gasteiger partial charge in [-0.1, -0.05) is 6.07 Å². The summed E-state index contributed by atoms with van der Waals surface area (Å²) in [7, 11) is 0. The number of piperidine rings is 1. The van der Waals surface area contributed by atoms with Gasteiger partial charge in [0, 0.05) is 31.1 Å². The molecule has 3 aliphatic rings. The van der Waals surface area contributed by atoms with Crippen LogP contribution in [0.4, 0.5) is 5.82 Å². The van der Waals surface area contributed by atoms with Crippen molar-refractivity contribution in [1.29, 1.82) is 0 Å². The molecule has 1 aliphatic carbocycles. The summed E-state index contributed by atoms with van der Waals surface area (Å²) in [5, 5.41) is 19.3. The molecule has 6 rings (SSSR count). The first kappa shape index (κ1) is 23.3. The van der Waals surface area contributed by atoms with Crippen LogP contribution in [0.5, 0.6) is 0 Å². The van der Waals surface area contributed by atoms with Crippen LogP contribution >= 0.6 is 12.4 Å². The highest BCUT2D eigenvalue weighted by Crippen LogP contribution is 2.43. The van der Waals surface area contributed by atoms with E-state index in [0.29, 0.717) is 30.6 Å². The minimum atomic E-state index is -0.315.